The van der Waals surface area contributed by atoms with Crippen molar-refractivity contribution in [3.05, 3.63) is 58.7 Å². The maximum Gasteiger partial charge on any atom is 0.236 e. The standard InChI is InChI=1S/C21H21N3O3S/c1-26-19-8-5-14(11-22-24-21-23-20(25)13-28-21)9-17(19)12-27-18-7-6-15-3-2-4-16(15)10-18/h5-11H,2-4,12-13H2,1H3,(H,23,24,25). The lowest BCUT2D eigenvalue weighted by Gasteiger charge is -2.12. The molecule has 0 radical (unpaired) electrons. The topological polar surface area (TPSA) is 72.3 Å². The first-order chi connectivity index (χ1) is 13.7. The Bertz CT molecular complexity index is 956. The van der Waals surface area contributed by atoms with Crippen LogP contribution in [0, 0.1) is 0 Å². The summed E-state index contributed by atoms with van der Waals surface area (Å²) in [5.41, 5.74) is 4.64. The number of methoxy groups -OCH3 is 1. The third kappa shape index (κ3) is 4.36. The number of fused-ring (bicyclic) bond motifs is 1. The van der Waals surface area contributed by atoms with Gasteiger partial charge in [-0.05, 0) is 66.3 Å². The summed E-state index contributed by atoms with van der Waals surface area (Å²) in [6.07, 6.45) is 5.16. The number of ether oxygens (including phenoxy) is 2. The average Bonchev–Trinajstić information content (AvgIpc) is 3.34. The zero-order valence-electron chi connectivity index (χ0n) is 15.6. The Kier molecular flexibility index (Phi) is 5.62. The van der Waals surface area contributed by atoms with E-state index in [1.54, 1.807) is 13.3 Å². The van der Waals surface area contributed by atoms with E-state index >= 15 is 0 Å². The number of nitrogens with zero attached hydrogens (tertiary/aromatic N) is 2. The van der Waals surface area contributed by atoms with Crippen molar-refractivity contribution in [1.82, 2.24) is 5.32 Å². The van der Waals surface area contributed by atoms with Crippen LogP contribution in [0.5, 0.6) is 11.5 Å². The fourth-order valence-corrected chi connectivity index (χ4v) is 3.95. The molecule has 4 rings (SSSR count). The summed E-state index contributed by atoms with van der Waals surface area (Å²) in [7, 11) is 1.65. The number of hydrogen-bond acceptors (Lipinski definition) is 6. The summed E-state index contributed by atoms with van der Waals surface area (Å²) in [6.45, 7) is 0.407. The van der Waals surface area contributed by atoms with Gasteiger partial charge < -0.3 is 14.8 Å². The minimum Gasteiger partial charge on any atom is -0.496 e. The van der Waals surface area contributed by atoms with Gasteiger partial charge in [-0.2, -0.15) is 5.10 Å². The van der Waals surface area contributed by atoms with Crippen LogP contribution in [0.1, 0.15) is 28.7 Å². The third-order valence-corrected chi connectivity index (χ3v) is 5.57. The molecule has 0 unspecified atom stereocenters. The number of aryl methyl sites for hydroxylation is 2. The van der Waals surface area contributed by atoms with Gasteiger partial charge >= 0.3 is 0 Å². The van der Waals surface area contributed by atoms with Gasteiger partial charge in [0.15, 0.2) is 5.17 Å². The number of amidine groups is 1. The van der Waals surface area contributed by atoms with Crippen LogP contribution in [-0.2, 0) is 24.2 Å². The van der Waals surface area contributed by atoms with E-state index < -0.39 is 0 Å². The predicted molar refractivity (Wildman–Crippen MR) is 111 cm³/mol. The van der Waals surface area contributed by atoms with Gasteiger partial charge in [-0.3, -0.25) is 4.79 Å². The van der Waals surface area contributed by atoms with Crippen molar-refractivity contribution in [2.75, 3.05) is 12.9 Å². The number of carbonyl (C=O) groups is 1. The highest BCUT2D eigenvalue weighted by molar-refractivity contribution is 8.15. The lowest BCUT2D eigenvalue weighted by Crippen LogP contribution is -2.19. The van der Waals surface area contributed by atoms with E-state index in [-0.39, 0.29) is 5.91 Å². The molecular formula is C21H21N3O3S. The van der Waals surface area contributed by atoms with Crippen molar-refractivity contribution < 1.29 is 14.3 Å². The van der Waals surface area contributed by atoms with Crippen molar-refractivity contribution in [2.24, 2.45) is 10.2 Å². The minimum absolute atomic E-state index is 0.0469. The molecule has 1 heterocycles. The first-order valence-corrected chi connectivity index (χ1v) is 10.1. The number of benzene rings is 2. The second kappa shape index (κ2) is 8.48. The number of rotatable bonds is 6. The first-order valence-electron chi connectivity index (χ1n) is 9.16. The Labute approximate surface area is 168 Å². The van der Waals surface area contributed by atoms with Crippen LogP contribution in [0.3, 0.4) is 0 Å². The molecule has 1 saturated heterocycles. The van der Waals surface area contributed by atoms with Crippen LogP contribution in [0.4, 0.5) is 0 Å². The van der Waals surface area contributed by atoms with Gasteiger partial charge in [0.05, 0.1) is 19.1 Å². The molecule has 6 nitrogen and oxygen atoms in total. The van der Waals surface area contributed by atoms with Crippen molar-refractivity contribution in [3.63, 3.8) is 0 Å². The van der Waals surface area contributed by atoms with Gasteiger partial charge in [-0.15, -0.1) is 5.10 Å². The van der Waals surface area contributed by atoms with Crippen molar-refractivity contribution in [3.8, 4) is 11.5 Å². The van der Waals surface area contributed by atoms with Crippen molar-refractivity contribution in [1.29, 1.82) is 0 Å². The maximum absolute atomic E-state index is 11.2. The molecule has 1 fully saturated rings. The molecule has 0 saturated carbocycles. The van der Waals surface area contributed by atoms with E-state index in [1.807, 2.05) is 24.3 Å². The van der Waals surface area contributed by atoms with Crippen LogP contribution in [-0.4, -0.2) is 30.2 Å². The first kappa shape index (κ1) is 18.6. The van der Waals surface area contributed by atoms with Crippen LogP contribution < -0.4 is 14.8 Å². The number of thioether (sulfide) groups is 1. The van der Waals surface area contributed by atoms with Gasteiger partial charge in [0.2, 0.25) is 5.91 Å². The molecule has 7 heteroatoms. The Morgan fingerprint density at radius 3 is 2.89 bits per heavy atom. The van der Waals surface area contributed by atoms with Crippen LogP contribution in [0.2, 0.25) is 0 Å². The molecule has 1 amide bonds. The highest BCUT2D eigenvalue weighted by Gasteiger charge is 2.16. The molecule has 2 aromatic carbocycles. The molecule has 0 aromatic heterocycles. The molecule has 0 bridgehead atoms. The predicted octanol–water partition coefficient (Wildman–Crippen LogP) is 3.32. The molecule has 1 aliphatic heterocycles. The summed E-state index contributed by atoms with van der Waals surface area (Å²) >= 11 is 1.34. The van der Waals surface area contributed by atoms with Crippen LogP contribution >= 0.6 is 11.8 Å². The number of nitrogens with one attached hydrogen (secondary N) is 1. The van der Waals surface area contributed by atoms with E-state index in [4.69, 9.17) is 9.47 Å². The van der Waals surface area contributed by atoms with E-state index in [0.29, 0.717) is 17.5 Å². The molecule has 2 aliphatic rings. The van der Waals surface area contributed by atoms with E-state index in [1.165, 1.54) is 29.3 Å². The Morgan fingerprint density at radius 1 is 1.18 bits per heavy atom. The van der Waals surface area contributed by atoms with Crippen molar-refractivity contribution in [2.45, 2.75) is 25.9 Å². The Morgan fingerprint density at radius 2 is 2.07 bits per heavy atom. The van der Waals surface area contributed by atoms with E-state index in [0.717, 1.165) is 35.5 Å². The van der Waals surface area contributed by atoms with Crippen LogP contribution in [0.25, 0.3) is 0 Å². The normalized spacial score (nSPS) is 17.2. The van der Waals surface area contributed by atoms with Gasteiger partial charge in [0, 0.05) is 5.56 Å². The highest BCUT2D eigenvalue weighted by Crippen LogP contribution is 2.27. The molecule has 1 N–H and O–H groups in total. The van der Waals surface area contributed by atoms with Gasteiger partial charge in [0.1, 0.15) is 18.1 Å². The fraction of sp³-hybridized carbons (Fsp3) is 0.286. The van der Waals surface area contributed by atoms with Gasteiger partial charge in [0.25, 0.3) is 0 Å². The van der Waals surface area contributed by atoms with Crippen molar-refractivity contribution >= 4 is 29.1 Å². The number of carbonyl (C=O) groups excluding carboxylic acids is 1. The molecule has 28 heavy (non-hydrogen) atoms. The second-order valence-corrected chi connectivity index (χ2v) is 7.59. The second-order valence-electron chi connectivity index (χ2n) is 6.63. The summed E-state index contributed by atoms with van der Waals surface area (Å²) in [5, 5.41) is 11.2. The Hall–Kier alpha value is -2.80. The monoisotopic (exact) mass is 395 g/mol. The van der Waals surface area contributed by atoms with Gasteiger partial charge in [-0.1, -0.05) is 17.8 Å². The average molecular weight is 395 g/mol. The Balaban J connectivity index is 1.45. The summed E-state index contributed by atoms with van der Waals surface area (Å²) < 4.78 is 11.5. The fourth-order valence-electron chi connectivity index (χ4n) is 3.32. The largest absolute Gasteiger partial charge is 0.496 e. The molecular weight excluding hydrogens is 374 g/mol. The molecule has 1 aliphatic carbocycles. The number of hydrogen-bond donors (Lipinski definition) is 1. The molecule has 0 spiro atoms. The number of amides is 1. The SMILES string of the molecule is COc1ccc(C=NN=C2NC(=O)CS2)cc1COc1ccc2c(c1)CCC2. The summed E-state index contributed by atoms with van der Waals surface area (Å²) in [5.74, 6) is 1.99. The molecule has 0 atom stereocenters. The van der Waals surface area contributed by atoms with E-state index in [2.05, 4.69) is 27.7 Å². The summed E-state index contributed by atoms with van der Waals surface area (Å²) in [4.78, 5) is 11.2. The maximum atomic E-state index is 11.2. The third-order valence-electron chi connectivity index (χ3n) is 4.71. The smallest absolute Gasteiger partial charge is 0.236 e. The van der Waals surface area contributed by atoms with E-state index in [9.17, 15) is 4.79 Å². The zero-order valence-corrected chi connectivity index (χ0v) is 16.4. The minimum atomic E-state index is -0.0469. The lowest BCUT2D eigenvalue weighted by molar-refractivity contribution is -0.116. The summed E-state index contributed by atoms with van der Waals surface area (Å²) in [6, 6.07) is 12.1. The lowest BCUT2D eigenvalue weighted by atomic mass is 10.1. The highest BCUT2D eigenvalue weighted by atomic mass is 32.2. The van der Waals surface area contributed by atoms with Crippen LogP contribution in [0.15, 0.2) is 46.6 Å². The van der Waals surface area contributed by atoms with Gasteiger partial charge in [-0.25, -0.2) is 0 Å². The quantitative estimate of drug-likeness (QED) is 0.602. The molecule has 144 valence electrons. The molecule has 2 aromatic rings. The zero-order chi connectivity index (χ0) is 19.3.